The summed E-state index contributed by atoms with van der Waals surface area (Å²) in [6.07, 6.45) is 1.27. The van der Waals surface area contributed by atoms with E-state index in [1.807, 2.05) is 22.6 Å². The van der Waals surface area contributed by atoms with Crippen LogP contribution in [0.25, 0.3) is 0 Å². The molecule has 7 heteroatoms. The Bertz CT molecular complexity index is 652. The van der Waals surface area contributed by atoms with Gasteiger partial charge in [-0.25, -0.2) is 9.78 Å². The zero-order valence-electron chi connectivity index (χ0n) is 9.84. The number of benzene rings is 1. The summed E-state index contributed by atoms with van der Waals surface area (Å²) in [7, 11) is 1.31. The number of nitrogens with zero attached hydrogens (tertiary/aromatic N) is 1. The average molecular weight is 372 g/mol. The van der Waals surface area contributed by atoms with Crippen molar-refractivity contribution < 1.29 is 14.3 Å². The van der Waals surface area contributed by atoms with E-state index in [0.29, 0.717) is 14.9 Å². The van der Waals surface area contributed by atoms with Gasteiger partial charge < -0.3 is 14.5 Å². The van der Waals surface area contributed by atoms with Gasteiger partial charge in [-0.1, -0.05) is 0 Å². The molecule has 0 spiro atoms. The summed E-state index contributed by atoms with van der Waals surface area (Å²) in [5, 5.41) is 0. The molecule has 1 aromatic carbocycles. The first-order valence-electron chi connectivity index (χ1n) is 5.21. The molecule has 19 heavy (non-hydrogen) atoms. The van der Waals surface area contributed by atoms with Crippen molar-refractivity contribution in [2.45, 2.75) is 0 Å². The van der Waals surface area contributed by atoms with Gasteiger partial charge in [0.1, 0.15) is 9.32 Å². The van der Waals surface area contributed by atoms with Crippen LogP contribution in [0.1, 0.15) is 10.4 Å². The van der Waals surface area contributed by atoms with Crippen molar-refractivity contribution in [2.75, 3.05) is 7.11 Å². The second-order valence-electron chi connectivity index (χ2n) is 3.47. The normalized spacial score (nSPS) is 10.0. The monoisotopic (exact) mass is 372 g/mol. The predicted molar refractivity (Wildman–Crippen MR) is 75.4 cm³/mol. The highest BCUT2D eigenvalue weighted by molar-refractivity contribution is 14.1. The van der Waals surface area contributed by atoms with Crippen LogP contribution >= 0.6 is 22.6 Å². The van der Waals surface area contributed by atoms with Crippen LogP contribution < -0.4 is 10.3 Å². The molecule has 1 heterocycles. The number of ether oxygens (including phenoxy) is 2. The smallest absolute Gasteiger partial charge is 0.337 e. The molecule has 6 nitrogen and oxygen atoms in total. The molecular weight excluding hydrogens is 363 g/mol. The molecule has 1 N–H and O–H groups in total. The SMILES string of the molecule is COC(=O)c1ccc(Oc2nc[nH]c(=O)c2I)cc1. The van der Waals surface area contributed by atoms with Crippen LogP contribution in [0, 0.1) is 3.57 Å². The van der Waals surface area contributed by atoms with Crippen molar-refractivity contribution in [3.05, 3.63) is 50.1 Å². The van der Waals surface area contributed by atoms with E-state index in [0.717, 1.165) is 0 Å². The fourth-order valence-electron chi connectivity index (χ4n) is 1.33. The van der Waals surface area contributed by atoms with E-state index in [4.69, 9.17) is 4.74 Å². The number of halogens is 1. The highest BCUT2D eigenvalue weighted by atomic mass is 127. The Hall–Kier alpha value is -1.90. The molecule has 2 rings (SSSR count). The van der Waals surface area contributed by atoms with E-state index in [1.165, 1.54) is 13.4 Å². The van der Waals surface area contributed by atoms with Crippen molar-refractivity contribution in [1.29, 1.82) is 0 Å². The number of nitrogens with one attached hydrogen (secondary N) is 1. The van der Waals surface area contributed by atoms with Gasteiger partial charge in [0.15, 0.2) is 0 Å². The number of aromatic amines is 1. The number of esters is 1. The van der Waals surface area contributed by atoms with Crippen LogP contribution in [0.15, 0.2) is 35.4 Å². The number of carbonyl (C=O) groups excluding carboxylic acids is 1. The first kappa shape index (κ1) is 13.5. The quantitative estimate of drug-likeness (QED) is 0.658. The standard InChI is InChI=1S/C12H9IN2O4/c1-18-12(17)7-2-4-8(5-3-7)19-11-9(13)10(16)14-6-15-11/h2-6H,1H3,(H,14,15,16). The van der Waals surface area contributed by atoms with Crippen LogP contribution in [0.2, 0.25) is 0 Å². The maximum Gasteiger partial charge on any atom is 0.337 e. The summed E-state index contributed by atoms with van der Waals surface area (Å²) < 4.78 is 10.4. The Kier molecular flexibility index (Phi) is 4.15. The minimum Gasteiger partial charge on any atom is -0.465 e. The number of hydrogen-bond acceptors (Lipinski definition) is 5. The number of H-pyrrole nitrogens is 1. The highest BCUT2D eigenvalue weighted by Crippen LogP contribution is 2.22. The summed E-state index contributed by atoms with van der Waals surface area (Å²) in [6.45, 7) is 0. The number of carbonyl (C=O) groups is 1. The number of aromatic nitrogens is 2. The molecule has 0 radical (unpaired) electrons. The van der Waals surface area contributed by atoms with Gasteiger partial charge in [-0.05, 0) is 46.9 Å². The Labute approximate surface area is 121 Å². The second kappa shape index (κ2) is 5.83. The average Bonchev–Trinajstić information content (AvgIpc) is 2.44. The highest BCUT2D eigenvalue weighted by Gasteiger charge is 2.09. The van der Waals surface area contributed by atoms with Crippen LogP contribution in [0.4, 0.5) is 0 Å². The fourth-order valence-corrected chi connectivity index (χ4v) is 1.73. The predicted octanol–water partition coefficient (Wildman–Crippen LogP) is 1.95. The molecule has 0 aliphatic rings. The van der Waals surface area contributed by atoms with Crippen LogP contribution in [-0.4, -0.2) is 23.0 Å². The van der Waals surface area contributed by atoms with Crippen LogP contribution in [0.5, 0.6) is 11.6 Å². The zero-order chi connectivity index (χ0) is 13.8. The number of hydrogen-bond donors (Lipinski definition) is 1. The maximum atomic E-state index is 11.4. The van der Waals surface area contributed by atoms with Gasteiger partial charge in [-0.3, -0.25) is 4.79 Å². The second-order valence-corrected chi connectivity index (χ2v) is 4.55. The molecule has 0 atom stereocenters. The van der Waals surface area contributed by atoms with Gasteiger partial charge in [0, 0.05) is 0 Å². The van der Waals surface area contributed by atoms with E-state index in [1.54, 1.807) is 24.3 Å². The van der Waals surface area contributed by atoms with Gasteiger partial charge in [0.05, 0.1) is 19.0 Å². The van der Waals surface area contributed by atoms with E-state index in [-0.39, 0.29) is 11.4 Å². The van der Waals surface area contributed by atoms with Gasteiger partial charge in [0.2, 0.25) is 5.88 Å². The van der Waals surface area contributed by atoms with E-state index >= 15 is 0 Å². The lowest BCUT2D eigenvalue weighted by Gasteiger charge is -2.06. The molecular formula is C12H9IN2O4. The van der Waals surface area contributed by atoms with Crippen LogP contribution in [0.3, 0.4) is 0 Å². The van der Waals surface area contributed by atoms with E-state index in [2.05, 4.69) is 14.7 Å². The Morgan fingerprint density at radius 1 is 1.32 bits per heavy atom. The van der Waals surface area contributed by atoms with Crippen molar-refractivity contribution in [3.63, 3.8) is 0 Å². The minimum absolute atomic E-state index is 0.218. The molecule has 0 unspecified atom stereocenters. The van der Waals surface area contributed by atoms with E-state index < -0.39 is 5.97 Å². The third-order valence-corrected chi connectivity index (χ3v) is 3.21. The van der Waals surface area contributed by atoms with Crippen molar-refractivity contribution in [1.82, 2.24) is 9.97 Å². The molecule has 98 valence electrons. The first-order chi connectivity index (χ1) is 9.11. The van der Waals surface area contributed by atoms with Gasteiger partial charge in [-0.15, -0.1) is 0 Å². The molecule has 1 aromatic heterocycles. The summed E-state index contributed by atoms with van der Waals surface area (Å²) in [6, 6.07) is 6.35. The molecule has 0 saturated heterocycles. The van der Waals surface area contributed by atoms with Crippen LogP contribution in [-0.2, 0) is 4.74 Å². The minimum atomic E-state index is -0.421. The lowest BCUT2D eigenvalue weighted by atomic mass is 10.2. The molecule has 2 aromatic rings. The molecule has 0 aliphatic heterocycles. The summed E-state index contributed by atoms with van der Waals surface area (Å²) in [4.78, 5) is 29.0. The lowest BCUT2D eigenvalue weighted by molar-refractivity contribution is 0.0600. The third kappa shape index (κ3) is 3.11. The number of methoxy groups -OCH3 is 1. The zero-order valence-corrected chi connectivity index (χ0v) is 12.0. The largest absolute Gasteiger partial charge is 0.465 e. The van der Waals surface area contributed by atoms with Crippen molar-refractivity contribution in [2.24, 2.45) is 0 Å². The lowest BCUT2D eigenvalue weighted by Crippen LogP contribution is -2.11. The topological polar surface area (TPSA) is 81.3 Å². The summed E-state index contributed by atoms with van der Waals surface area (Å²) in [5.74, 6) is 0.272. The Morgan fingerprint density at radius 2 is 2.00 bits per heavy atom. The van der Waals surface area contributed by atoms with Gasteiger partial charge in [-0.2, -0.15) is 0 Å². The fraction of sp³-hybridized carbons (Fsp3) is 0.0833. The summed E-state index contributed by atoms with van der Waals surface area (Å²) in [5.41, 5.74) is 0.153. The Balaban J connectivity index is 2.22. The van der Waals surface area contributed by atoms with Crippen molar-refractivity contribution in [3.8, 4) is 11.6 Å². The molecule has 0 amide bonds. The number of rotatable bonds is 3. The third-order valence-electron chi connectivity index (χ3n) is 2.25. The Morgan fingerprint density at radius 3 is 2.63 bits per heavy atom. The maximum absolute atomic E-state index is 11.4. The molecule has 0 fully saturated rings. The molecule has 0 aliphatic carbocycles. The molecule has 0 bridgehead atoms. The van der Waals surface area contributed by atoms with Crippen molar-refractivity contribution >= 4 is 28.6 Å². The summed E-state index contributed by atoms with van der Waals surface area (Å²) >= 11 is 1.85. The first-order valence-corrected chi connectivity index (χ1v) is 6.29. The van der Waals surface area contributed by atoms with E-state index in [9.17, 15) is 9.59 Å². The van der Waals surface area contributed by atoms with Gasteiger partial charge in [0.25, 0.3) is 5.56 Å². The van der Waals surface area contributed by atoms with Gasteiger partial charge >= 0.3 is 5.97 Å². The molecule has 0 saturated carbocycles.